The fourth-order valence-electron chi connectivity index (χ4n) is 3.92. The van der Waals surface area contributed by atoms with Gasteiger partial charge in [-0.05, 0) is 36.8 Å². The minimum atomic E-state index is -0.364. The number of carbonyl (C=O) groups is 2. The van der Waals surface area contributed by atoms with Crippen molar-refractivity contribution in [1.82, 2.24) is 20.0 Å². The lowest BCUT2D eigenvalue weighted by Gasteiger charge is -2.12. The first-order valence-corrected chi connectivity index (χ1v) is 11.6. The molecule has 2 aromatic carbocycles. The van der Waals surface area contributed by atoms with Crippen molar-refractivity contribution in [2.75, 3.05) is 23.7 Å². The van der Waals surface area contributed by atoms with Gasteiger partial charge < -0.3 is 15.2 Å². The first kappa shape index (κ1) is 23.2. The van der Waals surface area contributed by atoms with E-state index >= 15 is 0 Å². The van der Waals surface area contributed by atoms with Crippen LogP contribution in [0.4, 0.5) is 21.8 Å². The van der Waals surface area contributed by atoms with E-state index in [-0.39, 0.29) is 24.2 Å². The molecular formula is C26H23FN6O3. The molecule has 1 aliphatic rings. The largest absolute Gasteiger partial charge is 0.369 e. The number of amides is 2. The highest BCUT2D eigenvalue weighted by molar-refractivity contribution is 6.21. The smallest absolute Gasteiger partial charge is 0.261 e. The molecule has 36 heavy (non-hydrogen) atoms. The molecule has 2 aromatic heterocycles. The maximum absolute atomic E-state index is 13.5. The maximum atomic E-state index is 13.5. The minimum absolute atomic E-state index is 0.187. The maximum Gasteiger partial charge on any atom is 0.261 e. The number of anilines is 3. The number of nitrogens with one attached hydrogen (secondary N) is 2. The number of halogens is 1. The lowest BCUT2D eigenvalue weighted by molar-refractivity contribution is 0.0655. The van der Waals surface area contributed by atoms with Gasteiger partial charge in [0.15, 0.2) is 5.76 Å². The summed E-state index contributed by atoms with van der Waals surface area (Å²) in [7, 11) is 0. The van der Waals surface area contributed by atoms with E-state index in [4.69, 9.17) is 4.52 Å². The normalized spacial score (nSPS) is 12.7. The second-order valence-electron chi connectivity index (χ2n) is 8.26. The summed E-state index contributed by atoms with van der Waals surface area (Å²) < 4.78 is 19.1. The summed E-state index contributed by atoms with van der Waals surface area (Å²) in [5.41, 5.74) is 2.55. The van der Waals surface area contributed by atoms with Crippen molar-refractivity contribution in [2.45, 2.75) is 19.8 Å². The molecule has 182 valence electrons. The van der Waals surface area contributed by atoms with E-state index < -0.39 is 0 Å². The van der Waals surface area contributed by atoms with E-state index in [1.54, 1.807) is 48.7 Å². The van der Waals surface area contributed by atoms with Crippen molar-refractivity contribution in [3.8, 4) is 11.3 Å². The van der Waals surface area contributed by atoms with E-state index in [9.17, 15) is 14.0 Å². The van der Waals surface area contributed by atoms with Crippen LogP contribution in [-0.2, 0) is 6.42 Å². The highest BCUT2D eigenvalue weighted by atomic mass is 19.1. The number of imide groups is 1. The fourth-order valence-corrected chi connectivity index (χ4v) is 3.92. The number of nitrogens with zero attached hydrogens (tertiary/aromatic N) is 4. The second-order valence-corrected chi connectivity index (χ2v) is 8.26. The lowest BCUT2D eigenvalue weighted by atomic mass is 10.1. The Labute approximate surface area is 206 Å². The van der Waals surface area contributed by atoms with E-state index in [0.717, 1.165) is 6.42 Å². The van der Waals surface area contributed by atoms with Crippen molar-refractivity contribution in [3.05, 3.63) is 83.4 Å². The van der Waals surface area contributed by atoms with Crippen LogP contribution in [0.25, 0.3) is 11.3 Å². The number of rotatable bonds is 9. The fraction of sp³-hybridized carbons (Fsp3) is 0.192. The van der Waals surface area contributed by atoms with E-state index in [1.807, 2.05) is 6.92 Å². The second kappa shape index (κ2) is 9.95. The highest BCUT2D eigenvalue weighted by Gasteiger charge is 2.34. The molecule has 0 radical (unpaired) electrons. The third-order valence-corrected chi connectivity index (χ3v) is 5.71. The lowest BCUT2D eigenvalue weighted by Crippen LogP contribution is -2.31. The topological polar surface area (TPSA) is 113 Å². The Balaban J connectivity index is 1.32. The minimum Gasteiger partial charge on any atom is -0.369 e. The van der Waals surface area contributed by atoms with Crippen LogP contribution in [0.2, 0.25) is 0 Å². The molecule has 2 amide bonds. The molecule has 10 heteroatoms. The molecule has 1 aliphatic heterocycles. The molecule has 5 rings (SSSR count). The quantitative estimate of drug-likeness (QED) is 0.328. The standard InChI is InChI=1S/C26H23FN6O3/c1-2-11-28-23-21(15-29-26(31-23)30-17-7-5-6-16(27)13-17)22-14-18(32-36-22)10-12-33-24(34)19-8-3-4-9-20(19)25(33)35/h3-9,13-15H,2,10-12H2,1H3,(H2,28,29,30,31). The van der Waals surface area contributed by atoms with Crippen LogP contribution in [-0.4, -0.2) is 44.9 Å². The van der Waals surface area contributed by atoms with Crippen molar-refractivity contribution in [1.29, 1.82) is 0 Å². The molecule has 0 saturated heterocycles. The van der Waals surface area contributed by atoms with Gasteiger partial charge in [-0.1, -0.05) is 30.3 Å². The predicted octanol–water partition coefficient (Wildman–Crippen LogP) is 4.67. The van der Waals surface area contributed by atoms with Crippen LogP contribution >= 0.6 is 0 Å². The summed E-state index contributed by atoms with van der Waals surface area (Å²) in [5, 5.41) is 10.4. The number of aromatic nitrogens is 3. The molecule has 2 N–H and O–H groups in total. The van der Waals surface area contributed by atoms with Crippen LogP contribution in [0.15, 0.2) is 65.3 Å². The molecule has 0 aliphatic carbocycles. The zero-order valence-corrected chi connectivity index (χ0v) is 19.5. The Kier molecular flexibility index (Phi) is 6.40. The van der Waals surface area contributed by atoms with Crippen LogP contribution < -0.4 is 10.6 Å². The van der Waals surface area contributed by atoms with Crippen LogP contribution in [0.5, 0.6) is 0 Å². The first-order valence-electron chi connectivity index (χ1n) is 11.6. The molecule has 4 aromatic rings. The summed E-state index contributed by atoms with van der Waals surface area (Å²) in [5.74, 6) is 0.307. The Morgan fingerprint density at radius 1 is 1.00 bits per heavy atom. The van der Waals surface area contributed by atoms with Crippen LogP contribution in [0.1, 0.15) is 39.8 Å². The van der Waals surface area contributed by atoms with Crippen molar-refractivity contribution >= 4 is 29.3 Å². The van der Waals surface area contributed by atoms with Crippen molar-refractivity contribution in [2.24, 2.45) is 0 Å². The Morgan fingerprint density at radius 2 is 1.78 bits per heavy atom. The molecule has 0 fully saturated rings. The number of carbonyl (C=O) groups excluding carboxylic acids is 2. The number of hydrogen-bond donors (Lipinski definition) is 2. The highest BCUT2D eigenvalue weighted by Crippen LogP contribution is 2.29. The molecule has 0 unspecified atom stereocenters. The van der Waals surface area contributed by atoms with Gasteiger partial charge in [0, 0.05) is 37.5 Å². The van der Waals surface area contributed by atoms with Gasteiger partial charge in [0.25, 0.3) is 11.8 Å². The average Bonchev–Trinajstić information content (AvgIpc) is 3.44. The summed E-state index contributed by atoms with van der Waals surface area (Å²) in [6, 6.07) is 14.6. The summed E-state index contributed by atoms with van der Waals surface area (Å²) in [6.45, 7) is 2.89. The molecule has 0 spiro atoms. The Bertz CT molecular complexity index is 1400. The van der Waals surface area contributed by atoms with E-state index in [2.05, 4.69) is 25.8 Å². The first-order chi connectivity index (χ1) is 17.5. The predicted molar refractivity (Wildman–Crippen MR) is 132 cm³/mol. The number of benzene rings is 2. The molecule has 0 atom stereocenters. The van der Waals surface area contributed by atoms with Crippen molar-refractivity contribution < 1.29 is 18.5 Å². The van der Waals surface area contributed by atoms with Gasteiger partial charge in [-0.2, -0.15) is 4.98 Å². The van der Waals surface area contributed by atoms with Gasteiger partial charge in [0.2, 0.25) is 5.95 Å². The van der Waals surface area contributed by atoms with Crippen LogP contribution in [0.3, 0.4) is 0 Å². The van der Waals surface area contributed by atoms with Gasteiger partial charge in [-0.3, -0.25) is 14.5 Å². The summed E-state index contributed by atoms with van der Waals surface area (Å²) >= 11 is 0. The molecule has 0 saturated carbocycles. The average molecular weight is 487 g/mol. The summed E-state index contributed by atoms with van der Waals surface area (Å²) in [6.07, 6.45) is 2.81. The SMILES string of the molecule is CCCNc1nc(Nc2cccc(F)c2)ncc1-c1cc(CCN2C(=O)c3ccccc3C2=O)no1. The Morgan fingerprint density at radius 3 is 2.50 bits per heavy atom. The Hall–Kier alpha value is -4.60. The van der Waals surface area contributed by atoms with E-state index in [0.29, 0.717) is 58.6 Å². The molecular weight excluding hydrogens is 463 g/mol. The third-order valence-electron chi connectivity index (χ3n) is 5.71. The monoisotopic (exact) mass is 486 g/mol. The third kappa shape index (κ3) is 4.65. The van der Waals surface area contributed by atoms with Gasteiger partial charge in [0.1, 0.15) is 11.6 Å². The van der Waals surface area contributed by atoms with E-state index in [1.165, 1.54) is 17.0 Å². The molecule has 3 heterocycles. The van der Waals surface area contributed by atoms with Gasteiger partial charge >= 0.3 is 0 Å². The number of hydrogen-bond acceptors (Lipinski definition) is 8. The zero-order valence-electron chi connectivity index (χ0n) is 19.5. The molecule has 0 bridgehead atoms. The van der Waals surface area contributed by atoms with Crippen LogP contribution in [0, 0.1) is 5.82 Å². The zero-order chi connectivity index (χ0) is 25.1. The molecule has 9 nitrogen and oxygen atoms in total. The van der Waals surface area contributed by atoms with Gasteiger partial charge in [0.05, 0.1) is 22.4 Å². The van der Waals surface area contributed by atoms with Gasteiger partial charge in [-0.25, -0.2) is 9.37 Å². The summed E-state index contributed by atoms with van der Waals surface area (Å²) in [4.78, 5) is 35.3. The number of fused-ring (bicyclic) bond motifs is 1. The van der Waals surface area contributed by atoms with Crippen molar-refractivity contribution in [3.63, 3.8) is 0 Å². The van der Waals surface area contributed by atoms with Gasteiger partial charge in [-0.15, -0.1) is 0 Å².